The van der Waals surface area contributed by atoms with Gasteiger partial charge in [0.15, 0.2) is 5.82 Å². The fourth-order valence-electron chi connectivity index (χ4n) is 2.16. The number of hydrogen-bond donors (Lipinski definition) is 1. The van der Waals surface area contributed by atoms with Gasteiger partial charge in [0, 0.05) is 31.2 Å². The fraction of sp³-hybridized carbons (Fsp3) is 0.125. The highest BCUT2D eigenvalue weighted by atomic mass is 32.2. The molecule has 142 valence electrons. The summed E-state index contributed by atoms with van der Waals surface area (Å²) in [4.78, 5) is 3.83. The van der Waals surface area contributed by atoms with Gasteiger partial charge in [0.25, 0.3) is 0 Å². The van der Waals surface area contributed by atoms with Crippen LogP contribution in [0.1, 0.15) is 5.56 Å². The van der Waals surface area contributed by atoms with Crippen LogP contribution in [0.5, 0.6) is 5.75 Å². The standard InChI is InChI=1S/C16H13F3N4O3S/c17-16(18,19)26-13-3-1-4-14(9-13)27(24,25)22-11-12-5-6-15(20-10-12)23-8-2-7-21-23/h1-10,22H,11H2. The molecule has 0 fully saturated rings. The van der Waals surface area contributed by atoms with E-state index in [1.807, 2.05) is 0 Å². The minimum atomic E-state index is -4.90. The first-order chi connectivity index (χ1) is 12.7. The second-order valence-corrected chi connectivity index (χ2v) is 7.09. The smallest absolute Gasteiger partial charge is 0.406 e. The van der Waals surface area contributed by atoms with Crippen LogP contribution in [-0.2, 0) is 16.6 Å². The third-order valence-electron chi connectivity index (χ3n) is 3.36. The summed E-state index contributed by atoms with van der Waals surface area (Å²) in [6, 6.07) is 9.21. The SMILES string of the molecule is O=S(=O)(NCc1ccc(-n2cccn2)nc1)c1cccc(OC(F)(F)F)c1. The molecule has 0 saturated heterocycles. The van der Waals surface area contributed by atoms with Crippen LogP contribution in [0.15, 0.2) is 66.0 Å². The molecule has 0 spiro atoms. The summed E-state index contributed by atoms with van der Waals surface area (Å²) < 4.78 is 69.0. The molecule has 0 amide bonds. The normalized spacial score (nSPS) is 12.1. The maximum Gasteiger partial charge on any atom is 0.573 e. The van der Waals surface area contributed by atoms with E-state index >= 15 is 0 Å². The van der Waals surface area contributed by atoms with Crippen molar-refractivity contribution in [1.29, 1.82) is 0 Å². The zero-order valence-electron chi connectivity index (χ0n) is 13.6. The first-order valence-corrected chi connectivity index (χ1v) is 9.02. The van der Waals surface area contributed by atoms with E-state index in [2.05, 4.69) is 19.5 Å². The summed E-state index contributed by atoms with van der Waals surface area (Å²) in [5.74, 6) is -0.0563. The number of benzene rings is 1. The van der Waals surface area contributed by atoms with Crippen LogP contribution >= 0.6 is 0 Å². The number of rotatable bonds is 6. The number of nitrogens with one attached hydrogen (secondary N) is 1. The summed E-state index contributed by atoms with van der Waals surface area (Å²) in [7, 11) is -4.03. The van der Waals surface area contributed by atoms with Crippen molar-refractivity contribution >= 4 is 10.0 Å². The molecule has 0 unspecified atom stereocenters. The molecule has 0 atom stereocenters. The van der Waals surface area contributed by atoms with E-state index in [0.29, 0.717) is 11.4 Å². The number of nitrogens with zero attached hydrogens (tertiary/aromatic N) is 3. The first kappa shape index (κ1) is 18.9. The molecule has 0 radical (unpaired) electrons. The Morgan fingerprint density at radius 1 is 1.15 bits per heavy atom. The fourth-order valence-corrected chi connectivity index (χ4v) is 3.21. The molecule has 0 aliphatic rings. The Kier molecular flexibility index (Phi) is 5.15. The third kappa shape index (κ3) is 5.05. The van der Waals surface area contributed by atoms with Crippen molar-refractivity contribution in [2.75, 3.05) is 0 Å². The van der Waals surface area contributed by atoms with Crippen molar-refractivity contribution in [2.45, 2.75) is 17.8 Å². The number of pyridine rings is 1. The van der Waals surface area contributed by atoms with Crippen LogP contribution < -0.4 is 9.46 Å². The average Bonchev–Trinajstić information content (AvgIpc) is 3.14. The lowest BCUT2D eigenvalue weighted by Crippen LogP contribution is -2.23. The van der Waals surface area contributed by atoms with Crippen molar-refractivity contribution in [2.24, 2.45) is 0 Å². The molecule has 2 aromatic heterocycles. The van der Waals surface area contributed by atoms with Gasteiger partial charge in [-0.1, -0.05) is 12.1 Å². The Labute approximate surface area is 152 Å². The van der Waals surface area contributed by atoms with Crippen LogP contribution in [0.4, 0.5) is 13.2 Å². The van der Waals surface area contributed by atoms with Crippen LogP contribution in [0, 0.1) is 0 Å². The molecule has 0 aliphatic carbocycles. The lowest BCUT2D eigenvalue weighted by atomic mass is 10.3. The Morgan fingerprint density at radius 2 is 1.96 bits per heavy atom. The molecule has 3 rings (SSSR count). The number of halogens is 3. The molecular weight excluding hydrogens is 385 g/mol. The van der Waals surface area contributed by atoms with Crippen LogP contribution in [0.3, 0.4) is 0 Å². The lowest BCUT2D eigenvalue weighted by Gasteiger charge is -2.11. The van der Waals surface area contributed by atoms with E-state index in [9.17, 15) is 21.6 Å². The minimum Gasteiger partial charge on any atom is -0.406 e. The highest BCUT2D eigenvalue weighted by molar-refractivity contribution is 7.89. The second-order valence-electron chi connectivity index (χ2n) is 5.32. The highest BCUT2D eigenvalue weighted by Gasteiger charge is 2.31. The predicted molar refractivity (Wildman–Crippen MR) is 88.5 cm³/mol. The molecule has 3 aromatic rings. The number of ether oxygens (including phenoxy) is 1. The predicted octanol–water partition coefficient (Wildman–Crippen LogP) is 2.64. The van der Waals surface area contributed by atoms with Gasteiger partial charge in [-0.25, -0.2) is 22.8 Å². The maximum absolute atomic E-state index is 12.3. The van der Waals surface area contributed by atoms with E-state index in [1.165, 1.54) is 12.3 Å². The summed E-state index contributed by atoms with van der Waals surface area (Å²) in [6.07, 6.45) is -0.123. The third-order valence-corrected chi connectivity index (χ3v) is 4.76. The Bertz CT molecular complexity index is 1000. The van der Waals surface area contributed by atoms with Gasteiger partial charge in [-0.05, 0) is 29.8 Å². The molecule has 2 heterocycles. The zero-order valence-corrected chi connectivity index (χ0v) is 14.4. The number of aromatic nitrogens is 3. The monoisotopic (exact) mass is 398 g/mol. The van der Waals surface area contributed by atoms with Gasteiger partial charge in [-0.3, -0.25) is 0 Å². The molecular formula is C16H13F3N4O3S. The summed E-state index contributed by atoms with van der Waals surface area (Å²) in [5.41, 5.74) is 0.567. The lowest BCUT2D eigenvalue weighted by molar-refractivity contribution is -0.274. The van der Waals surface area contributed by atoms with Crippen LogP contribution in [0.2, 0.25) is 0 Å². The van der Waals surface area contributed by atoms with Crippen LogP contribution in [0.25, 0.3) is 5.82 Å². The van der Waals surface area contributed by atoms with Crippen molar-refractivity contribution in [3.05, 3.63) is 66.6 Å². The zero-order chi connectivity index (χ0) is 19.5. The second kappa shape index (κ2) is 7.37. The molecule has 0 saturated carbocycles. The highest BCUT2D eigenvalue weighted by Crippen LogP contribution is 2.24. The van der Waals surface area contributed by atoms with Crippen molar-refractivity contribution in [3.8, 4) is 11.6 Å². The first-order valence-electron chi connectivity index (χ1n) is 7.53. The Balaban J connectivity index is 1.69. The molecule has 0 bridgehead atoms. The van der Waals surface area contributed by atoms with Gasteiger partial charge in [0.05, 0.1) is 4.90 Å². The van der Waals surface area contributed by atoms with Gasteiger partial charge in [0.2, 0.25) is 10.0 Å². The minimum absolute atomic E-state index is 0.0842. The van der Waals surface area contributed by atoms with Gasteiger partial charge >= 0.3 is 6.36 Å². The van der Waals surface area contributed by atoms with Gasteiger partial charge in [-0.15, -0.1) is 13.2 Å². The van der Waals surface area contributed by atoms with Gasteiger partial charge in [0.1, 0.15) is 5.75 Å². The Hall–Kier alpha value is -2.92. The summed E-state index contributed by atoms with van der Waals surface area (Å²) in [5, 5.41) is 4.03. The molecule has 1 aromatic carbocycles. The van der Waals surface area contributed by atoms with E-state index in [-0.39, 0.29) is 11.4 Å². The summed E-state index contributed by atoms with van der Waals surface area (Å²) in [6.45, 7) is -0.0842. The number of hydrogen-bond acceptors (Lipinski definition) is 5. The average molecular weight is 398 g/mol. The molecule has 27 heavy (non-hydrogen) atoms. The van der Waals surface area contributed by atoms with E-state index in [1.54, 1.807) is 35.3 Å². The number of alkyl halides is 3. The van der Waals surface area contributed by atoms with Crippen molar-refractivity contribution in [3.63, 3.8) is 0 Å². The largest absolute Gasteiger partial charge is 0.573 e. The molecule has 7 nitrogen and oxygen atoms in total. The van der Waals surface area contributed by atoms with E-state index in [0.717, 1.165) is 18.2 Å². The van der Waals surface area contributed by atoms with Crippen molar-refractivity contribution in [1.82, 2.24) is 19.5 Å². The molecule has 0 aliphatic heterocycles. The van der Waals surface area contributed by atoms with Gasteiger partial charge < -0.3 is 4.74 Å². The maximum atomic E-state index is 12.3. The van der Waals surface area contributed by atoms with E-state index in [4.69, 9.17) is 0 Å². The van der Waals surface area contributed by atoms with E-state index < -0.39 is 22.1 Å². The summed E-state index contributed by atoms with van der Waals surface area (Å²) >= 11 is 0. The molecule has 11 heteroatoms. The number of sulfonamides is 1. The van der Waals surface area contributed by atoms with Gasteiger partial charge in [-0.2, -0.15) is 5.10 Å². The topological polar surface area (TPSA) is 86.1 Å². The quantitative estimate of drug-likeness (QED) is 0.690. The van der Waals surface area contributed by atoms with Crippen molar-refractivity contribution < 1.29 is 26.3 Å². The van der Waals surface area contributed by atoms with Crippen LogP contribution in [-0.4, -0.2) is 29.5 Å². The molecule has 1 N–H and O–H groups in total. The Morgan fingerprint density at radius 3 is 2.59 bits per heavy atom.